The first-order chi connectivity index (χ1) is 19.0. The van der Waals surface area contributed by atoms with E-state index < -0.39 is 33.4 Å². The van der Waals surface area contributed by atoms with Crippen LogP contribution >= 0.6 is 22.6 Å². The van der Waals surface area contributed by atoms with E-state index in [-0.39, 0.29) is 22.5 Å². The van der Waals surface area contributed by atoms with Crippen molar-refractivity contribution in [1.29, 1.82) is 0 Å². The molecule has 1 heterocycles. The van der Waals surface area contributed by atoms with Gasteiger partial charge in [0.2, 0.25) is 0 Å². The van der Waals surface area contributed by atoms with E-state index in [1.165, 1.54) is 7.11 Å². The molecule has 4 rings (SSSR count). The van der Waals surface area contributed by atoms with E-state index in [0.29, 0.717) is 22.6 Å². The topological polar surface area (TPSA) is 112 Å². The molecule has 11 heteroatoms. The Morgan fingerprint density at radius 3 is 2.10 bits per heavy atom. The van der Waals surface area contributed by atoms with Gasteiger partial charge < -0.3 is 9.15 Å². The third-order valence-corrected chi connectivity index (χ3v) is 14.8. The molecule has 0 fully saturated rings. The number of hydrogen-bond donors (Lipinski definition) is 1. The zero-order valence-corrected chi connectivity index (χ0v) is 27.4. The number of nitrogens with one attached hydrogen (secondary N) is 1. The summed E-state index contributed by atoms with van der Waals surface area (Å²) in [4.78, 5) is 25.3. The molecule has 0 aliphatic heterocycles. The summed E-state index contributed by atoms with van der Waals surface area (Å²) < 4.78 is 42.4. The third kappa shape index (κ3) is 6.24. The monoisotopic (exact) mass is 736 g/mol. The summed E-state index contributed by atoms with van der Waals surface area (Å²) >= 11 is 0.836. The van der Waals surface area contributed by atoms with E-state index >= 15 is 0 Å². The normalized spacial score (nSPS) is 12.7. The summed E-state index contributed by atoms with van der Waals surface area (Å²) in [6, 6.07) is 17.5. The molecule has 3 aromatic carbocycles. The number of amides is 1. The molecule has 0 bridgehead atoms. The van der Waals surface area contributed by atoms with Crippen molar-refractivity contribution in [3.63, 3.8) is 0 Å². The first-order valence-electron chi connectivity index (χ1n) is 12.3. The van der Waals surface area contributed by atoms with Crippen LogP contribution in [0.3, 0.4) is 0 Å². The molecule has 1 amide bonds. The number of fused-ring (bicyclic) bond motifs is 1. The molecule has 209 valence electrons. The number of esters is 1. The maximum absolute atomic E-state index is 13.0. The van der Waals surface area contributed by atoms with Gasteiger partial charge in [-0.3, -0.25) is 0 Å². The van der Waals surface area contributed by atoms with E-state index in [1.54, 1.807) is 43.5 Å². The number of carbonyl (C=O) groups excluding carboxylic acids is 2. The first kappa shape index (κ1) is 30.1. The second-order valence-electron chi connectivity index (χ2n) is 9.36. The molecule has 1 atom stereocenters. The van der Waals surface area contributed by atoms with Gasteiger partial charge in [0, 0.05) is 5.56 Å². The summed E-state index contributed by atoms with van der Waals surface area (Å²) in [5.74, 6) is -0.116. The Morgan fingerprint density at radius 2 is 1.55 bits per heavy atom. The Balaban J connectivity index is 1.49. The molecule has 8 nitrogen and oxygen atoms in total. The van der Waals surface area contributed by atoms with Crippen molar-refractivity contribution in [2.75, 3.05) is 19.5 Å². The number of methoxy groups -OCH3 is 2. The molecule has 1 N–H and O–H groups in total. The SMILES string of the molecule is COC(=O)[C@@H]([As]S(=O)(=O)c1ccc(-c2ccc(NC(=O)c3oc4ccc(I)c(OC)c4c3C)cc2)cc1)C(C)C. The Labute approximate surface area is 252 Å². The van der Waals surface area contributed by atoms with Crippen LogP contribution in [0, 0.1) is 16.4 Å². The molecule has 0 aliphatic carbocycles. The molecule has 1 radical (unpaired) electrons. The average Bonchev–Trinajstić information content (AvgIpc) is 3.28. The molecule has 0 saturated carbocycles. The van der Waals surface area contributed by atoms with Crippen LogP contribution in [-0.2, 0) is 17.6 Å². The summed E-state index contributed by atoms with van der Waals surface area (Å²) in [6.07, 6.45) is 0. The van der Waals surface area contributed by atoms with E-state index in [4.69, 9.17) is 13.9 Å². The predicted molar refractivity (Wildman–Crippen MR) is 164 cm³/mol. The van der Waals surface area contributed by atoms with Gasteiger partial charge in [0.15, 0.2) is 0 Å². The minimum absolute atomic E-state index is 0.136. The van der Waals surface area contributed by atoms with Crippen molar-refractivity contribution in [2.24, 2.45) is 5.92 Å². The summed E-state index contributed by atoms with van der Waals surface area (Å²) in [7, 11) is -0.736. The molecule has 0 aliphatic rings. The number of furan rings is 1. The number of ether oxygens (including phenoxy) is 2. The molecule has 0 spiro atoms. The number of benzene rings is 3. The molecule has 1 aromatic heterocycles. The first-order valence-corrected chi connectivity index (χ1v) is 18.2. The van der Waals surface area contributed by atoms with Crippen molar-refractivity contribution in [2.45, 2.75) is 30.4 Å². The number of rotatable bonds is 9. The fourth-order valence-corrected chi connectivity index (χ4v) is 11.8. The number of aryl methyl sites for hydroxylation is 1. The van der Waals surface area contributed by atoms with E-state index in [9.17, 15) is 18.0 Å². The summed E-state index contributed by atoms with van der Waals surface area (Å²) in [6.45, 7) is 5.46. The van der Waals surface area contributed by atoms with Gasteiger partial charge in [0.05, 0.1) is 16.1 Å². The predicted octanol–water partition coefficient (Wildman–Crippen LogP) is 6.28. The Bertz CT molecular complexity index is 1660. The van der Waals surface area contributed by atoms with Gasteiger partial charge in [-0.25, -0.2) is 0 Å². The number of hydrogen-bond acceptors (Lipinski definition) is 7. The van der Waals surface area contributed by atoms with Crippen LogP contribution in [0.25, 0.3) is 22.1 Å². The molecule has 0 unspecified atom stereocenters. The van der Waals surface area contributed by atoms with Gasteiger partial charge in [0.1, 0.15) is 11.3 Å². The van der Waals surface area contributed by atoms with Crippen molar-refractivity contribution in [3.05, 3.63) is 75.6 Å². The summed E-state index contributed by atoms with van der Waals surface area (Å²) in [5, 5.41) is 3.64. The fourth-order valence-electron chi connectivity index (χ4n) is 4.22. The third-order valence-electron chi connectivity index (χ3n) is 6.36. The van der Waals surface area contributed by atoms with Crippen LogP contribution in [0.5, 0.6) is 5.75 Å². The second kappa shape index (κ2) is 12.4. The van der Waals surface area contributed by atoms with Gasteiger partial charge in [-0.1, -0.05) is 0 Å². The van der Waals surface area contributed by atoms with Gasteiger partial charge in [-0.15, -0.1) is 0 Å². The molecule has 0 saturated heterocycles. The Kier molecular flexibility index (Phi) is 9.32. The van der Waals surface area contributed by atoms with Crippen LogP contribution in [0.15, 0.2) is 70.0 Å². The molecule has 4 aromatic rings. The minimum atomic E-state index is -3.60. The maximum atomic E-state index is 13.0. The Hall–Kier alpha value is -2.82. The van der Waals surface area contributed by atoms with Crippen LogP contribution in [0.1, 0.15) is 30.0 Å². The van der Waals surface area contributed by atoms with Gasteiger partial charge >= 0.3 is 170 Å². The van der Waals surface area contributed by atoms with E-state index in [0.717, 1.165) is 20.1 Å². The number of halogens is 1. The van der Waals surface area contributed by atoms with Crippen LogP contribution in [0.2, 0.25) is 4.71 Å². The average molecular weight is 736 g/mol. The second-order valence-corrected chi connectivity index (χ2v) is 17.7. The fraction of sp³-hybridized carbons (Fsp3) is 0.241. The van der Waals surface area contributed by atoms with E-state index in [1.807, 2.05) is 45.0 Å². The number of anilines is 1. The van der Waals surface area contributed by atoms with E-state index in [2.05, 4.69) is 27.9 Å². The van der Waals surface area contributed by atoms with Crippen LogP contribution < -0.4 is 10.1 Å². The zero-order valence-electron chi connectivity index (χ0n) is 22.5. The summed E-state index contributed by atoms with van der Waals surface area (Å²) in [5.41, 5.74) is 3.52. The Morgan fingerprint density at radius 1 is 0.950 bits per heavy atom. The van der Waals surface area contributed by atoms with Crippen LogP contribution in [-0.4, -0.2) is 49.1 Å². The van der Waals surface area contributed by atoms with Gasteiger partial charge in [-0.2, -0.15) is 0 Å². The molecular formula is C29H28AsINO7S. The van der Waals surface area contributed by atoms with Gasteiger partial charge in [-0.05, 0) is 41.6 Å². The van der Waals surface area contributed by atoms with Crippen molar-refractivity contribution >= 4 is 73.8 Å². The molecule has 40 heavy (non-hydrogen) atoms. The quantitative estimate of drug-likeness (QED) is 0.122. The number of carbonyl (C=O) groups is 2. The molecular weight excluding hydrogens is 708 g/mol. The zero-order chi connectivity index (χ0) is 29.2. The van der Waals surface area contributed by atoms with Crippen molar-refractivity contribution in [1.82, 2.24) is 0 Å². The van der Waals surface area contributed by atoms with Crippen molar-refractivity contribution in [3.8, 4) is 16.9 Å². The van der Waals surface area contributed by atoms with Gasteiger partial charge in [0.25, 0.3) is 0 Å². The standard InChI is InChI=1S/C29H28AsINO7S/c1-16(2)25(29(34)38-5)30-40(35,36)21-12-8-19(9-13-21)18-6-10-20(11-7-18)32-28(33)26-17(3)24-23(39-26)15-14-22(31)27(24)37-4/h6-16,25H,1-5H3,(H,32,33)/t25-/m0/s1. The van der Waals surface area contributed by atoms with Crippen molar-refractivity contribution < 1.29 is 31.9 Å². The van der Waals surface area contributed by atoms with Crippen LogP contribution in [0.4, 0.5) is 5.69 Å².